The second kappa shape index (κ2) is 5.45. The fourth-order valence-corrected chi connectivity index (χ4v) is 2.61. The Labute approximate surface area is 113 Å². The van der Waals surface area contributed by atoms with Gasteiger partial charge in [0.25, 0.3) is 0 Å². The monoisotopic (exact) mass is 261 g/mol. The van der Waals surface area contributed by atoms with E-state index in [-0.39, 0.29) is 0 Å². The van der Waals surface area contributed by atoms with E-state index in [1.54, 1.807) is 20.3 Å². The molecule has 2 rings (SSSR count). The van der Waals surface area contributed by atoms with E-state index in [0.717, 1.165) is 36.8 Å². The highest BCUT2D eigenvalue weighted by atomic mass is 16.5. The van der Waals surface area contributed by atoms with Crippen molar-refractivity contribution in [2.45, 2.75) is 38.1 Å². The molecule has 19 heavy (non-hydrogen) atoms. The topological polar surface area (TPSA) is 47.9 Å². The SMILES string of the molecule is CCc1cc(OC)c(OC)c(C2(N=C=O)CCC2)c1. The van der Waals surface area contributed by atoms with Crippen molar-refractivity contribution in [2.24, 2.45) is 4.99 Å². The zero-order valence-corrected chi connectivity index (χ0v) is 11.7. The third kappa shape index (κ3) is 2.24. The number of nitrogens with zero attached hydrogens (tertiary/aromatic N) is 1. The summed E-state index contributed by atoms with van der Waals surface area (Å²) in [6.07, 6.45) is 5.39. The number of aliphatic imine (C=N–C) groups is 1. The van der Waals surface area contributed by atoms with Crippen LogP contribution in [-0.4, -0.2) is 20.3 Å². The third-order valence-electron chi connectivity index (χ3n) is 3.89. The number of benzene rings is 1. The number of rotatable bonds is 5. The maximum atomic E-state index is 10.7. The number of hydrogen-bond acceptors (Lipinski definition) is 4. The number of hydrogen-bond donors (Lipinski definition) is 0. The van der Waals surface area contributed by atoms with Crippen molar-refractivity contribution in [1.82, 2.24) is 0 Å². The first kappa shape index (κ1) is 13.6. The molecule has 0 spiro atoms. The summed E-state index contributed by atoms with van der Waals surface area (Å²) in [5, 5.41) is 0. The lowest BCUT2D eigenvalue weighted by molar-refractivity contribution is 0.242. The molecule has 0 aliphatic heterocycles. The smallest absolute Gasteiger partial charge is 0.235 e. The quantitative estimate of drug-likeness (QED) is 0.604. The highest BCUT2D eigenvalue weighted by molar-refractivity contribution is 5.54. The second-order valence-corrected chi connectivity index (χ2v) is 4.82. The van der Waals surface area contributed by atoms with Crippen LogP contribution in [0.25, 0.3) is 0 Å². The molecule has 0 N–H and O–H groups in total. The average Bonchev–Trinajstić information content (AvgIpc) is 2.41. The molecule has 0 saturated heterocycles. The fraction of sp³-hybridized carbons (Fsp3) is 0.533. The first-order valence-corrected chi connectivity index (χ1v) is 6.55. The van der Waals surface area contributed by atoms with E-state index in [4.69, 9.17) is 9.47 Å². The predicted octanol–water partition coefficient (Wildman–Crippen LogP) is 2.98. The predicted molar refractivity (Wildman–Crippen MR) is 72.6 cm³/mol. The number of methoxy groups -OCH3 is 2. The average molecular weight is 261 g/mol. The molecule has 0 bridgehead atoms. The minimum atomic E-state index is -0.467. The Morgan fingerprint density at radius 3 is 2.47 bits per heavy atom. The molecule has 0 heterocycles. The van der Waals surface area contributed by atoms with Crippen LogP contribution in [0.2, 0.25) is 0 Å². The van der Waals surface area contributed by atoms with Gasteiger partial charge in [0.2, 0.25) is 6.08 Å². The Morgan fingerprint density at radius 2 is 2.05 bits per heavy atom. The fourth-order valence-electron chi connectivity index (χ4n) is 2.61. The largest absolute Gasteiger partial charge is 0.493 e. The van der Waals surface area contributed by atoms with Gasteiger partial charge in [-0.15, -0.1) is 0 Å². The van der Waals surface area contributed by atoms with Crippen LogP contribution in [-0.2, 0) is 16.8 Å². The highest BCUT2D eigenvalue weighted by Gasteiger charge is 2.42. The van der Waals surface area contributed by atoms with Crippen molar-refractivity contribution >= 4 is 6.08 Å². The van der Waals surface area contributed by atoms with E-state index in [9.17, 15) is 4.79 Å². The van der Waals surface area contributed by atoms with Crippen LogP contribution < -0.4 is 9.47 Å². The zero-order chi connectivity index (χ0) is 13.9. The van der Waals surface area contributed by atoms with E-state index in [2.05, 4.69) is 18.0 Å². The Kier molecular flexibility index (Phi) is 3.91. The van der Waals surface area contributed by atoms with E-state index in [0.29, 0.717) is 11.5 Å². The molecule has 1 aliphatic carbocycles. The molecule has 0 radical (unpaired) electrons. The first-order valence-electron chi connectivity index (χ1n) is 6.55. The zero-order valence-electron chi connectivity index (χ0n) is 11.7. The summed E-state index contributed by atoms with van der Waals surface area (Å²) in [7, 11) is 3.24. The van der Waals surface area contributed by atoms with Gasteiger partial charge in [-0.1, -0.05) is 6.92 Å². The number of aryl methyl sites for hydroxylation is 1. The molecule has 1 aromatic rings. The number of ether oxygens (including phenoxy) is 2. The molecular weight excluding hydrogens is 242 g/mol. The molecule has 0 unspecified atom stereocenters. The molecule has 4 heteroatoms. The van der Waals surface area contributed by atoms with Gasteiger partial charge in [0, 0.05) is 5.56 Å². The molecule has 1 aliphatic rings. The van der Waals surface area contributed by atoms with Crippen LogP contribution in [0.1, 0.15) is 37.3 Å². The third-order valence-corrected chi connectivity index (χ3v) is 3.89. The second-order valence-electron chi connectivity index (χ2n) is 4.82. The Hall–Kier alpha value is -1.80. The van der Waals surface area contributed by atoms with E-state index in [1.165, 1.54) is 0 Å². The molecule has 0 aromatic heterocycles. The highest BCUT2D eigenvalue weighted by Crippen LogP contribution is 2.50. The van der Waals surface area contributed by atoms with Gasteiger partial charge in [0.1, 0.15) is 5.54 Å². The van der Waals surface area contributed by atoms with Crippen molar-refractivity contribution in [3.63, 3.8) is 0 Å². The molecular formula is C15H19NO3. The lowest BCUT2D eigenvalue weighted by Gasteiger charge is -2.38. The summed E-state index contributed by atoms with van der Waals surface area (Å²) in [5.74, 6) is 1.38. The van der Waals surface area contributed by atoms with Gasteiger partial charge in [-0.2, -0.15) is 4.99 Å². The summed E-state index contributed by atoms with van der Waals surface area (Å²) in [6.45, 7) is 2.08. The number of carbonyl (C=O) groups excluding carboxylic acids is 1. The van der Waals surface area contributed by atoms with Gasteiger partial charge in [-0.3, -0.25) is 0 Å². The lowest BCUT2D eigenvalue weighted by atomic mass is 9.71. The van der Waals surface area contributed by atoms with Crippen LogP contribution >= 0.6 is 0 Å². The first-order chi connectivity index (χ1) is 9.20. The minimum absolute atomic E-state index is 0.467. The van der Waals surface area contributed by atoms with Crippen molar-refractivity contribution < 1.29 is 14.3 Å². The van der Waals surface area contributed by atoms with Crippen LogP contribution in [0.5, 0.6) is 11.5 Å². The summed E-state index contributed by atoms with van der Waals surface area (Å²) >= 11 is 0. The summed E-state index contributed by atoms with van der Waals surface area (Å²) in [4.78, 5) is 14.8. The normalized spacial score (nSPS) is 16.2. The molecule has 0 atom stereocenters. The van der Waals surface area contributed by atoms with E-state index < -0.39 is 5.54 Å². The van der Waals surface area contributed by atoms with Crippen LogP contribution in [0.3, 0.4) is 0 Å². The molecule has 1 fully saturated rings. The Morgan fingerprint density at radius 1 is 1.32 bits per heavy atom. The standard InChI is InChI=1S/C15H19NO3/c1-4-11-8-12(14(19-3)13(9-11)18-2)15(16-10-17)6-5-7-15/h8-9H,4-7H2,1-3H3. The van der Waals surface area contributed by atoms with E-state index >= 15 is 0 Å². The summed E-state index contributed by atoms with van der Waals surface area (Å²) < 4.78 is 10.9. The summed E-state index contributed by atoms with van der Waals surface area (Å²) in [5.41, 5.74) is 1.63. The Bertz CT molecular complexity index is 514. The van der Waals surface area contributed by atoms with Crippen LogP contribution in [0.15, 0.2) is 17.1 Å². The van der Waals surface area contributed by atoms with Crippen molar-refractivity contribution in [1.29, 1.82) is 0 Å². The van der Waals surface area contributed by atoms with Crippen LogP contribution in [0.4, 0.5) is 0 Å². The molecule has 1 aromatic carbocycles. The van der Waals surface area contributed by atoms with Gasteiger partial charge in [-0.05, 0) is 43.4 Å². The Balaban J connectivity index is 2.62. The van der Waals surface area contributed by atoms with E-state index in [1.807, 2.05) is 6.07 Å². The maximum absolute atomic E-state index is 10.7. The van der Waals surface area contributed by atoms with Crippen LogP contribution in [0, 0.1) is 0 Å². The van der Waals surface area contributed by atoms with Gasteiger partial charge in [-0.25, -0.2) is 4.79 Å². The maximum Gasteiger partial charge on any atom is 0.235 e. The molecule has 1 saturated carbocycles. The molecule has 0 amide bonds. The van der Waals surface area contributed by atoms with Crippen molar-refractivity contribution in [2.75, 3.05) is 14.2 Å². The molecule has 4 nitrogen and oxygen atoms in total. The van der Waals surface area contributed by atoms with Gasteiger partial charge in [0.15, 0.2) is 11.5 Å². The molecule has 102 valence electrons. The van der Waals surface area contributed by atoms with Crippen molar-refractivity contribution in [3.05, 3.63) is 23.3 Å². The number of isocyanates is 1. The minimum Gasteiger partial charge on any atom is -0.493 e. The van der Waals surface area contributed by atoms with Gasteiger partial charge in [0.05, 0.1) is 14.2 Å². The van der Waals surface area contributed by atoms with Gasteiger partial charge < -0.3 is 9.47 Å². The van der Waals surface area contributed by atoms with Crippen molar-refractivity contribution in [3.8, 4) is 11.5 Å². The van der Waals surface area contributed by atoms with Gasteiger partial charge >= 0.3 is 0 Å². The summed E-state index contributed by atoms with van der Waals surface area (Å²) in [6, 6.07) is 4.04. The lowest BCUT2D eigenvalue weighted by Crippen LogP contribution is -2.32.